The number of halogens is 3. The van der Waals surface area contributed by atoms with Crippen LogP contribution in [0, 0.1) is 5.82 Å². The number of benzene rings is 1. The van der Waals surface area contributed by atoms with Crippen molar-refractivity contribution in [1.29, 1.82) is 0 Å². The van der Waals surface area contributed by atoms with Crippen LogP contribution in [0.4, 0.5) is 4.39 Å². The molecule has 2 rings (SSSR count). The highest BCUT2D eigenvalue weighted by Crippen LogP contribution is 2.23. The molecule has 96 valence electrons. The van der Waals surface area contributed by atoms with Crippen LogP contribution in [-0.4, -0.2) is 11.2 Å². The Labute approximate surface area is 122 Å². The number of aliphatic hydroxyl groups excluding tert-OH is 1. The van der Waals surface area contributed by atoms with Gasteiger partial charge in [-0.1, -0.05) is 17.7 Å². The van der Waals surface area contributed by atoms with E-state index in [2.05, 4.69) is 15.9 Å². The van der Waals surface area contributed by atoms with Gasteiger partial charge in [0.25, 0.3) is 0 Å². The van der Waals surface area contributed by atoms with E-state index in [0.717, 1.165) is 14.9 Å². The summed E-state index contributed by atoms with van der Waals surface area (Å²) in [5, 5.41) is 12.3. The van der Waals surface area contributed by atoms with E-state index in [1.54, 1.807) is 17.4 Å². The van der Waals surface area contributed by atoms with Crippen molar-refractivity contribution in [3.8, 4) is 0 Å². The van der Waals surface area contributed by atoms with Crippen LogP contribution in [0.3, 0.4) is 0 Å². The fourth-order valence-corrected chi connectivity index (χ4v) is 3.47. The van der Waals surface area contributed by atoms with Gasteiger partial charge in [-0.05, 0) is 39.7 Å². The van der Waals surface area contributed by atoms with Crippen molar-refractivity contribution in [2.75, 3.05) is 0 Å². The summed E-state index contributed by atoms with van der Waals surface area (Å²) in [7, 11) is 0. The molecule has 0 amide bonds. The minimum atomic E-state index is -0.515. The van der Waals surface area contributed by atoms with E-state index in [4.69, 9.17) is 11.6 Å². The lowest BCUT2D eigenvalue weighted by molar-refractivity contribution is 0.176. The fraction of sp³-hybridized carbons (Fsp3) is 0.231. The third-order valence-electron chi connectivity index (χ3n) is 2.53. The molecule has 1 aromatic carbocycles. The molecule has 1 nitrogen and oxygen atoms in total. The van der Waals surface area contributed by atoms with Gasteiger partial charge < -0.3 is 5.11 Å². The highest BCUT2D eigenvalue weighted by Gasteiger charge is 2.11. The van der Waals surface area contributed by atoms with Crippen molar-refractivity contribution in [3.05, 3.63) is 55.4 Å². The third-order valence-corrected chi connectivity index (χ3v) is 4.60. The van der Waals surface area contributed by atoms with Crippen molar-refractivity contribution in [2.24, 2.45) is 0 Å². The molecule has 0 aliphatic heterocycles. The molecule has 1 atom stereocenters. The molecule has 0 aliphatic carbocycles. The zero-order chi connectivity index (χ0) is 13.1. The van der Waals surface area contributed by atoms with E-state index in [0.29, 0.717) is 17.9 Å². The summed E-state index contributed by atoms with van der Waals surface area (Å²) in [5.41, 5.74) is 0.765. The molecule has 0 fully saturated rings. The Morgan fingerprint density at radius 3 is 2.72 bits per heavy atom. The van der Waals surface area contributed by atoms with Crippen LogP contribution in [-0.2, 0) is 12.8 Å². The Bertz CT molecular complexity index is 544. The van der Waals surface area contributed by atoms with Crippen LogP contribution < -0.4 is 0 Å². The van der Waals surface area contributed by atoms with Crippen LogP contribution in [0.15, 0.2) is 34.1 Å². The normalized spacial score (nSPS) is 12.7. The monoisotopic (exact) mass is 348 g/mol. The SMILES string of the molecule is OC(Cc1cc(Br)cs1)Cc1ccc(F)cc1Cl. The Balaban J connectivity index is 2.00. The van der Waals surface area contributed by atoms with E-state index in [9.17, 15) is 9.50 Å². The van der Waals surface area contributed by atoms with Crippen molar-refractivity contribution < 1.29 is 9.50 Å². The maximum atomic E-state index is 12.9. The molecule has 18 heavy (non-hydrogen) atoms. The van der Waals surface area contributed by atoms with Gasteiger partial charge in [-0.2, -0.15) is 0 Å². The number of thiophene rings is 1. The lowest BCUT2D eigenvalue weighted by atomic mass is 10.0. The van der Waals surface area contributed by atoms with Gasteiger partial charge in [0, 0.05) is 32.6 Å². The molecule has 1 heterocycles. The smallest absolute Gasteiger partial charge is 0.124 e. The van der Waals surface area contributed by atoms with Gasteiger partial charge in [0.2, 0.25) is 0 Å². The molecule has 1 aromatic heterocycles. The first-order chi connectivity index (χ1) is 8.54. The largest absolute Gasteiger partial charge is 0.392 e. The van der Waals surface area contributed by atoms with Gasteiger partial charge in [0.05, 0.1) is 6.10 Å². The summed E-state index contributed by atoms with van der Waals surface area (Å²) < 4.78 is 13.9. The average molecular weight is 350 g/mol. The number of aliphatic hydroxyl groups is 1. The van der Waals surface area contributed by atoms with Crippen LogP contribution in [0.25, 0.3) is 0 Å². The summed E-state index contributed by atoms with van der Waals surface area (Å²) in [6.45, 7) is 0. The van der Waals surface area contributed by atoms with Gasteiger partial charge in [-0.15, -0.1) is 11.3 Å². The third kappa shape index (κ3) is 3.79. The predicted octanol–water partition coefficient (Wildman–Crippen LogP) is 4.45. The highest BCUT2D eigenvalue weighted by molar-refractivity contribution is 9.10. The average Bonchev–Trinajstić information content (AvgIpc) is 2.68. The number of hydrogen-bond donors (Lipinski definition) is 1. The Morgan fingerprint density at radius 1 is 1.33 bits per heavy atom. The second-order valence-corrected chi connectivity index (χ2v) is 6.35. The topological polar surface area (TPSA) is 20.2 Å². The standard InChI is InChI=1S/C13H11BrClFOS/c14-9-4-12(18-7-9)6-11(17)3-8-1-2-10(16)5-13(8)15/h1-2,4-5,7,11,17H,3,6H2. The summed E-state index contributed by atoms with van der Waals surface area (Å²) in [6, 6.07) is 6.23. The van der Waals surface area contributed by atoms with Crippen LogP contribution >= 0.6 is 38.9 Å². The Hall–Kier alpha value is -0.420. The van der Waals surface area contributed by atoms with Crippen molar-refractivity contribution >= 4 is 38.9 Å². The number of hydrogen-bond acceptors (Lipinski definition) is 2. The molecule has 0 aliphatic rings. The molecule has 1 N–H and O–H groups in total. The van der Waals surface area contributed by atoms with Crippen LogP contribution in [0.5, 0.6) is 0 Å². The number of rotatable bonds is 4. The molecule has 0 radical (unpaired) electrons. The summed E-state index contributed by atoms with van der Waals surface area (Å²) in [5.74, 6) is -0.361. The molecule has 2 aromatic rings. The first kappa shape index (κ1) is 14.0. The maximum Gasteiger partial charge on any atom is 0.124 e. The molecular formula is C13H11BrClFOS. The zero-order valence-corrected chi connectivity index (χ0v) is 12.5. The molecule has 0 spiro atoms. The maximum absolute atomic E-state index is 12.9. The van der Waals surface area contributed by atoms with Gasteiger partial charge in [0.15, 0.2) is 0 Å². The zero-order valence-electron chi connectivity index (χ0n) is 9.37. The van der Waals surface area contributed by atoms with Gasteiger partial charge in [-0.25, -0.2) is 4.39 Å². The molecular weight excluding hydrogens is 339 g/mol. The first-order valence-electron chi connectivity index (χ1n) is 5.39. The Kier molecular flexibility index (Phi) is 4.78. The molecule has 0 bridgehead atoms. The molecule has 1 unspecified atom stereocenters. The highest BCUT2D eigenvalue weighted by atomic mass is 79.9. The van der Waals surface area contributed by atoms with Crippen molar-refractivity contribution in [2.45, 2.75) is 18.9 Å². The quantitative estimate of drug-likeness (QED) is 0.864. The van der Waals surface area contributed by atoms with E-state index in [1.807, 2.05) is 11.4 Å². The van der Waals surface area contributed by atoms with E-state index >= 15 is 0 Å². The van der Waals surface area contributed by atoms with Crippen molar-refractivity contribution in [3.63, 3.8) is 0 Å². The van der Waals surface area contributed by atoms with Gasteiger partial charge in [-0.3, -0.25) is 0 Å². The molecule has 0 saturated carbocycles. The molecule has 0 saturated heterocycles. The Morgan fingerprint density at radius 2 is 2.11 bits per heavy atom. The van der Waals surface area contributed by atoms with E-state index in [1.165, 1.54) is 12.1 Å². The summed E-state index contributed by atoms with van der Waals surface area (Å²) in [6.07, 6.45) is 0.483. The second-order valence-electron chi connectivity index (χ2n) is 4.03. The lowest BCUT2D eigenvalue weighted by Crippen LogP contribution is -2.13. The van der Waals surface area contributed by atoms with Gasteiger partial charge >= 0.3 is 0 Å². The van der Waals surface area contributed by atoms with Crippen molar-refractivity contribution in [1.82, 2.24) is 0 Å². The lowest BCUT2D eigenvalue weighted by Gasteiger charge is -2.10. The predicted molar refractivity (Wildman–Crippen MR) is 76.8 cm³/mol. The summed E-state index contributed by atoms with van der Waals surface area (Å²) >= 11 is 10.9. The first-order valence-corrected chi connectivity index (χ1v) is 7.44. The van der Waals surface area contributed by atoms with Gasteiger partial charge in [0.1, 0.15) is 5.82 Å². The fourth-order valence-electron chi connectivity index (χ4n) is 1.71. The van der Waals surface area contributed by atoms with Crippen LogP contribution in [0.1, 0.15) is 10.4 Å². The van der Waals surface area contributed by atoms with Crippen LogP contribution in [0.2, 0.25) is 5.02 Å². The minimum Gasteiger partial charge on any atom is -0.392 e. The van der Waals surface area contributed by atoms with E-state index in [-0.39, 0.29) is 5.82 Å². The molecule has 5 heteroatoms. The second kappa shape index (κ2) is 6.15. The summed E-state index contributed by atoms with van der Waals surface area (Å²) in [4.78, 5) is 1.10. The van der Waals surface area contributed by atoms with E-state index < -0.39 is 6.10 Å². The minimum absolute atomic E-state index is 0.361.